The van der Waals surface area contributed by atoms with Gasteiger partial charge in [0.1, 0.15) is 11.4 Å². The molecular formula is C15H24N4O2. The first kappa shape index (κ1) is 15.6. The highest BCUT2D eigenvalue weighted by Gasteiger charge is 2.40. The molecular weight excluding hydrogens is 268 g/mol. The molecule has 0 aromatic carbocycles. The maximum Gasteiger partial charge on any atom is 0.341 e. The molecule has 1 heterocycles. The van der Waals surface area contributed by atoms with Crippen LogP contribution in [-0.2, 0) is 4.74 Å². The van der Waals surface area contributed by atoms with E-state index in [9.17, 15) is 4.79 Å². The first-order valence-electron chi connectivity index (χ1n) is 7.12. The Kier molecular flexibility index (Phi) is 4.37. The molecule has 2 N–H and O–H groups in total. The van der Waals surface area contributed by atoms with E-state index < -0.39 is 5.97 Å². The molecule has 116 valence electrons. The third kappa shape index (κ3) is 2.95. The van der Waals surface area contributed by atoms with E-state index in [1.165, 1.54) is 13.5 Å². The Balaban J connectivity index is 2.26. The summed E-state index contributed by atoms with van der Waals surface area (Å²) in [4.78, 5) is 20.5. The maximum atomic E-state index is 11.9. The molecule has 0 spiro atoms. The summed E-state index contributed by atoms with van der Waals surface area (Å²) in [6.45, 7) is 0.820. The summed E-state index contributed by atoms with van der Waals surface area (Å²) in [7, 11) is 7.52. The second-order valence-electron chi connectivity index (χ2n) is 5.96. The van der Waals surface area contributed by atoms with Gasteiger partial charge in [-0.15, -0.1) is 0 Å². The van der Waals surface area contributed by atoms with Crippen LogP contribution in [0.25, 0.3) is 0 Å². The van der Waals surface area contributed by atoms with Gasteiger partial charge in [0.2, 0.25) is 0 Å². The Hall–Kier alpha value is -1.82. The first-order chi connectivity index (χ1) is 9.89. The Labute approximate surface area is 125 Å². The van der Waals surface area contributed by atoms with E-state index in [0.29, 0.717) is 17.1 Å². The standard InChI is InChI=1S/C15H24N4O2/c1-18(2)15(6-5-7-15)10-19(3)13-12(14(20)21-4)8-11(16)9-17-13/h8-9H,5-7,10,16H2,1-4H3. The van der Waals surface area contributed by atoms with Crippen molar-refractivity contribution < 1.29 is 9.53 Å². The lowest BCUT2D eigenvalue weighted by molar-refractivity contribution is 0.0597. The van der Waals surface area contributed by atoms with Gasteiger partial charge in [0.05, 0.1) is 19.0 Å². The molecule has 1 aromatic heterocycles. The van der Waals surface area contributed by atoms with E-state index in [-0.39, 0.29) is 5.54 Å². The number of esters is 1. The van der Waals surface area contributed by atoms with Crippen LogP contribution in [0.4, 0.5) is 11.5 Å². The molecule has 2 rings (SSSR count). The highest BCUT2D eigenvalue weighted by atomic mass is 16.5. The van der Waals surface area contributed by atoms with Crippen molar-refractivity contribution in [1.82, 2.24) is 9.88 Å². The molecule has 1 aliphatic rings. The lowest BCUT2D eigenvalue weighted by Crippen LogP contribution is -2.57. The molecule has 1 fully saturated rings. The van der Waals surface area contributed by atoms with Crippen molar-refractivity contribution in [3.05, 3.63) is 17.8 Å². The van der Waals surface area contributed by atoms with Crippen LogP contribution >= 0.6 is 0 Å². The monoisotopic (exact) mass is 292 g/mol. The molecule has 0 atom stereocenters. The van der Waals surface area contributed by atoms with Crippen LogP contribution < -0.4 is 10.6 Å². The summed E-state index contributed by atoms with van der Waals surface area (Å²) in [6, 6.07) is 1.62. The Bertz CT molecular complexity index is 526. The number of hydrogen-bond acceptors (Lipinski definition) is 6. The molecule has 1 aromatic rings. The molecule has 21 heavy (non-hydrogen) atoms. The number of methoxy groups -OCH3 is 1. The highest BCUT2D eigenvalue weighted by Crippen LogP contribution is 2.37. The second kappa shape index (κ2) is 5.89. The van der Waals surface area contributed by atoms with Crippen LogP contribution in [0.3, 0.4) is 0 Å². The predicted octanol–water partition coefficient (Wildman–Crippen LogP) is 1.37. The summed E-state index contributed by atoms with van der Waals surface area (Å²) >= 11 is 0. The van der Waals surface area contributed by atoms with Crippen molar-refractivity contribution in [1.29, 1.82) is 0 Å². The van der Waals surface area contributed by atoms with Gasteiger partial charge in [-0.2, -0.15) is 0 Å². The van der Waals surface area contributed by atoms with Crippen molar-refractivity contribution in [3.8, 4) is 0 Å². The van der Waals surface area contributed by atoms with Gasteiger partial charge in [-0.3, -0.25) is 0 Å². The van der Waals surface area contributed by atoms with Gasteiger partial charge in [0, 0.05) is 19.1 Å². The zero-order chi connectivity index (χ0) is 15.6. The molecule has 0 radical (unpaired) electrons. The molecule has 6 heteroatoms. The molecule has 0 bridgehead atoms. The van der Waals surface area contributed by atoms with E-state index in [1.807, 2.05) is 11.9 Å². The summed E-state index contributed by atoms with van der Waals surface area (Å²) in [6.07, 6.45) is 5.13. The number of ether oxygens (including phenoxy) is 1. The molecule has 1 saturated carbocycles. The summed E-state index contributed by atoms with van der Waals surface area (Å²) in [5.74, 6) is 0.202. The molecule has 0 aliphatic heterocycles. The minimum atomic E-state index is -0.413. The fourth-order valence-corrected chi connectivity index (χ4v) is 2.89. The molecule has 0 unspecified atom stereocenters. The van der Waals surface area contributed by atoms with E-state index in [1.54, 1.807) is 12.3 Å². The number of nitrogens with two attached hydrogens (primary N) is 1. The highest BCUT2D eigenvalue weighted by molar-refractivity contribution is 5.95. The maximum absolute atomic E-state index is 11.9. The number of pyridine rings is 1. The fourth-order valence-electron chi connectivity index (χ4n) is 2.89. The quantitative estimate of drug-likeness (QED) is 0.827. The Morgan fingerprint density at radius 3 is 2.57 bits per heavy atom. The van der Waals surface area contributed by atoms with Gasteiger partial charge in [-0.25, -0.2) is 9.78 Å². The average molecular weight is 292 g/mol. The largest absolute Gasteiger partial charge is 0.465 e. The Morgan fingerprint density at radius 2 is 2.10 bits per heavy atom. The molecule has 6 nitrogen and oxygen atoms in total. The van der Waals surface area contributed by atoms with Crippen molar-refractivity contribution in [2.24, 2.45) is 0 Å². The van der Waals surface area contributed by atoms with Crippen molar-refractivity contribution in [2.75, 3.05) is 45.4 Å². The number of carbonyl (C=O) groups excluding carboxylic acids is 1. The number of carbonyl (C=O) groups is 1. The van der Waals surface area contributed by atoms with Gasteiger partial charge in [0.15, 0.2) is 0 Å². The van der Waals surface area contributed by atoms with Crippen LogP contribution in [0.2, 0.25) is 0 Å². The molecule has 1 aliphatic carbocycles. The van der Waals surface area contributed by atoms with E-state index in [2.05, 4.69) is 24.0 Å². The second-order valence-corrected chi connectivity index (χ2v) is 5.96. The lowest BCUT2D eigenvalue weighted by atomic mass is 9.75. The van der Waals surface area contributed by atoms with E-state index in [0.717, 1.165) is 19.4 Å². The van der Waals surface area contributed by atoms with Crippen LogP contribution in [0, 0.1) is 0 Å². The number of nitrogen functional groups attached to an aromatic ring is 1. The Morgan fingerprint density at radius 1 is 1.43 bits per heavy atom. The van der Waals surface area contributed by atoms with Gasteiger partial charge in [0.25, 0.3) is 0 Å². The van der Waals surface area contributed by atoms with Crippen molar-refractivity contribution >= 4 is 17.5 Å². The lowest BCUT2D eigenvalue weighted by Gasteiger charge is -2.49. The normalized spacial score (nSPS) is 16.4. The number of aromatic nitrogens is 1. The van der Waals surface area contributed by atoms with Gasteiger partial charge >= 0.3 is 5.97 Å². The molecule has 0 saturated heterocycles. The predicted molar refractivity (Wildman–Crippen MR) is 83.5 cm³/mol. The number of hydrogen-bond donors (Lipinski definition) is 1. The zero-order valence-electron chi connectivity index (χ0n) is 13.2. The molecule has 0 amide bonds. The van der Waals surface area contributed by atoms with Gasteiger partial charge in [-0.05, 0) is 39.4 Å². The summed E-state index contributed by atoms with van der Waals surface area (Å²) in [5, 5.41) is 0. The van der Waals surface area contributed by atoms with Crippen molar-refractivity contribution in [2.45, 2.75) is 24.8 Å². The average Bonchev–Trinajstić information content (AvgIpc) is 2.41. The SMILES string of the molecule is COC(=O)c1cc(N)cnc1N(C)CC1(N(C)C)CCC1. The van der Waals surface area contributed by atoms with Crippen LogP contribution in [0.15, 0.2) is 12.3 Å². The number of nitrogens with zero attached hydrogens (tertiary/aromatic N) is 3. The van der Waals surface area contributed by atoms with Crippen LogP contribution in [0.1, 0.15) is 29.6 Å². The van der Waals surface area contributed by atoms with Crippen LogP contribution in [-0.4, -0.2) is 56.2 Å². The third-order valence-electron chi connectivity index (χ3n) is 4.42. The fraction of sp³-hybridized carbons (Fsp3) is 0.600. The third-order valence-corrected chi connectivity index (χ3v) is 4.42. The zero-order valence-corrected chi connectivity index (χ0v) is 13.2. The first-order valence-corrected chi connectivity index (χ1v) is 7.12. The van der Waals surface area contributed by atoms with E-state index in [4.69, 9.17) is 10.5 Å². The van der Waals surface area contributed by atoms with Crippen LogP contribution in [0.5, 0.6) is 0 Å². The van der Waals surface area contributed by atoms with Gasteiger partial charge in [-0.1, -0.05) is 0 Å². The number of anilines is 2. The summed E-state index contributed by atoms with van der Waals surface area (Å²) in [5.41, 5.74) is 6.76. The summed E-state index contributed by atoms with van der Waals surface area (Å²) < 4.78 is 4.83. The number of rotatable bonds is 5. The minimum Gasteiger partial charge on any atom is -0.465 e. The smallest absolute Gasteiger partial charge is 0.341 e. The van der Waals surface area contributed by atoms with E-state index >= 15 is 0 Å². The topological polar surface area (TPSA) is 71.7 Å². The minimum absolute atomic E-state index is 0.158. The van der Waals surface area contributed by atoms with Gasteiger partial charge < -0.3 is 20.3 Å². The van der Waals surface area contributed by atoms with Crippen molar-refractivity contribution in [3.63, 3.8) is 0 Å². The number of likely N-dealkylation sites (N-methyl/N-ethyl adjacent to an activating group) is 2.